The van der Waals surface area contributed by atoms with E-state index in [0.29, 0.717) is 5.92 Å². The average Bonchev–Trinajstić information content (AvgIpc) is 2.15. The monoisotopic (exact) mass is 174 g/mol. The van der Waals surface area contributed by atoms with Gasteiger partial charge in [-0.25, -0.2) is 0 Å². The molecule has 0 spiro atoms. The highest BCUT2D eigenvalue weighted by Gasteiger charge is 2.01. The summed E-state index contributed by atoms with van der Waals surface area (Å²) in [4.78, 5) is 0. The first-order chi connectivity index (χ1) is 6.20. The molecule has 0 heteroatoms. The highest BCUT2D eigenvalue weighted by Crippen LogP contribution is 2.15. The lowest BCUT2D eigenvalue weighted by Crippen LogP contribution is -1.97. The van der Waals surface area contributed by atoms with E-state index in [4.69, 9.17) is 0 Å². The van der Waals surface area contributed by atoms with Crippen LogP contribution in [0.2, 0.25) is 0 Å². The summed E-state index contributed by atoms with van der Waals surface area (Å²) in [7, 11) is 0. The van der Waals surface area contributed by atoms with Crippen LogP contribution in [0.5, 0.6) is 0 Å². The van der Waals surface area contributed by atoms with E-state index >= 15 is 0 Å². The lowest BCUT2D eigenvalue weighted by atomic mass is 9.96. The first-order valence-corrected chi connectivity index (χ1v) is 4.89. The van der Waals surface area contributed by atoms with Gasteiger partial charge < -0.3 is 0 Å². The highest BCUT2D eigenvalue weighted by atomic mass is 14.1. The molecule has 1 atom stereocenters. The van der Waals surface area contributed by atoms with Crippen molar-refractivity contribution in [3.05, 3.63) is 48.0 Å². The van der Waals surface area contributed by atoms with E-state index in [1.165, 1.54) is 17.6 Å². The Kier molecular flexibility index (Phi) is 3.75. The molecule has 0 bridgehead atoms. The third-order valence-corrected chi connectivity index (χ3v) is 2.55. The summed E-state index contributed by atoms with van der Waals surface area (Å²) < 4.78 is 0. The Morgan fingerprint density at radius 1 is 1.31 bits per heavy atom. The summed E-state index contributed by atoms with van der Waals surface area (Å²) in [6.07, 6.45) is 2.37. The zero-order chi connectivity index (χ0) is 9.68. The van der Waals surface area contributed by atoms with Gasteiger partial charge in [-0.05, 0) is 31.2 Å². The van der Waals surface area contributed by atoms with Crippen LogP contribution in [-0.4, -0.2) is 0 Å². The average molecular weight is 174 g/mol. The third-order valence-electron chi connectivity index (χ3n) is 2.55. The van der Waals surface area contributed by atoms with Gasteiger partial charge in [-0.2, -0.15) is 0 Å². The predicted molar refractivity (Wildman–Crippen MR) is 58.7 cm³/mol. The van der Waals surface area contributed by atoms with Crippen LogP contribution in [0, 0.1) is 5.92 Å². The molecule has 1 aromatic rings. The van der Waals surface area contributed by atoms with Gasteiger partial charge in [0.25, 0.3) is 0 Å². The summed E-state index contributed by atoms with van der Waals surface area (Å²) in [5, 5.41) is 0. The second-order valence-corrected chi connectivity index (χ2v) is 3.77. The molecule has 0 unspecified atom stereocenters. The van der Waals surface area contributed by atoms with Gasteiger partial charge in [-0.15, -0.1) is 0 Å². The lowest BCUT2D eigenvalue weighted by Gasteiger charge is -2.10. The molecule has 0 saturated carbocycles. The van der Waals surface area contributed by atoms with Crippen molar-refractivity contribution in [1.29, 1.82) is 0 Å². The molecule has 70 valence electrons. The van der Waals surface area contributed by atoms with Gasteiger partial charge in [0.1, 0.15) is 0 Å². The molecule has 0 aliphatic rings. The maximum absolute atomic E-state index is 3.97. The van der Waals surface area contributed by atoms with Crippen LogP contribution in [0.1, 0.15) is 25.8 Å². The summed E-state index contributed by atoms with van der Waals surface area (Å²) in [5.41, 5.74) is 2.71. The quantitative estimate of drug-likeness (QED) is 0.608. The first kappa shape index (κ1) is 10.0. The highest BCUT2D eigenvalue weighted by molar-refractivity contribution is 5.15. The fourth-order valence-corrected chi connectivity index (χ4v) is 1.27. The second kappa shape index (κ2) is 4.86. The topological polar surface area (TPSA) is 0 Å². The summed E-state index contributed by atoms with van der Waals surface area (Å²) in [6, 6.07) is 10.6. The van der Waals surface area contributed by atoms with Gasteiger partial charge in [-0.3, -0.25) is 0 Å². The van der Waals surface area contributed by atoms with E-state index in [0.717, 1.165) is 6.42 Å². The SMILES string of the molecule is C=C(C)[C@H](C)CCc1ccccc1. The van der Waals surface area contributed by atoms with Crippen molar-refractivity contribution in [3.8, 4) is 0 Å². The molecule has 0 aliphatic heterocycles. The van der Waals surface area contributed by atoms with Crippen molar-refractivity contribution in [2.24, 2.45) is 5.92 Å². The van der Waals surface area contributed by atoms with E-state index in [-0.39, 0.29) is 0 Å². The largest absolute Gasteiger partial charge is 0.0999 e. The molecule has 0 aliphatic carbocycles. The van der Waals surface area contributed by atoms with E-state index in [2.05, 4.69) is 50.8 Å². The second-order valence-electron chi connectivity index (χ2n) is 3.77. The number of hydrogen-bond acceptors (Lipinski definition) is 0. The van der Waals surface area contributed by atoms with Crippen molar-refractivity contribution in [2.75, 3.05) is 0 Å². The fraction of sp³-hybridized carbons (Fsp3) is 0.385. The van der Waals surface area contributed by atoms with Gasteiger partial charge >= 0.3 is 0 Å². The van der Waals surface area contributed by atoms with Crippen molar-refractivity contribution >= 4 is 0 Å². The molecule has 1 rings (SSSR count). The molecular weight excluding hydrogens is 156 g/mol. The Bertz CT molecular complexity index is 259. The summed E-state index contributed by atoms with van der Waals surface area (Å²) in [6.45, 7) is 8.32. The summed E-state index contributed by atoms with van der Waals surface area (Å²) in [5.74, 6) is 0.639. The zero-order valence-electron chi connectivity index (χ0n) is 8.59. The predicted octanol–water partition coefficient (Wildman–Crippen LogP) is 3.83. The number of rotatable bonds is 4. The minimum Gasteiger partial charge on any atom is -0.0999 e. The molecule has 0 N–H and O–H groups in total. The Balaban J connectivity index is 2.39. The Labute approximate surface area is 81.3 Å². The molecule has 0 fully saturated rings. The molecule has 0 aromatic heterocycles. The first-order valence-electron chi connectivity index (χ1n) is 4.89. The maximum Gasteiger partial charge on any atom is -0.0234 e. The molecule has 0 radical (unpaired) electrons. The Morgan fingerprint density at radius 3 is 2.46 bits per heavy atom. The number of benzene rings is 1. The summed E-state index contributed by atoms with van der Waals surface area (Å²) >= 11 is 0. The van der Waals surface area contributed by atoms with Gasteiger partial charge in [-0.1, -0.05) is 49.4 Å². The van der Waals surface area contributed by atoms with Crippen molar-refractivity contribution in [2.45, 2.75) is 26.7 Å². The molecule has 13 heavy (non-hydrogen) atoms. The molecular formula is C13H18. The smallest absolute Gasteiger partial charge is 0.0234 e. The van der Waals surface area contributed by atoms with Crippen LogP contribution in [-0.2, 0) is 6.42 Å². The molecule has 0 heterocycles. The van der Waals surface area contributed by atoms with Crippen LogP contribution in [0.15, 0.2) is 42.5 Å². The van der Waals surface area contributed by atoms with Crippen LogP contribution in [0.3, 0.4) is 0 Å². The molecule has 0 saturated heterocycles. The zero-order valence-corrected chi connectivity index (χ0v) is 8.59. The Morgan fingerprint density at radius 2 is 1.92 bits per heavy atom. The standard InChI is InChI=1S/C13H18/c1-11(2)12(3)9-10-13-7-5-4-6-8-13/h4-8,12H,1,9-10H2,2-3H3/t12-/m1/s1. The fourth-order valence-electron chi connectivity index (χ4n) is 1.27. The van der Waals surface area contributed by atoms with E-state index in [1.54, 1.807) is 0 Å². The van der Waals surface area contributed by atoms with Crippen molar-refractivity contribution in [1.82, 2.24) is 0 Å². The van der Waals surface area contributed by atoms with Gasteiger partial charge in [0.05, 0.1) is 0 Å². The minimum absolute atomic E-state index is 0.639. The van der Waals surface area contributed by atoms with Gasteiger partial charge in [0.15, 0.2) is 0 Å². The number of aryl methyl sites for hydroxylation is 1. The van der Waals surface area contributed by atoms with E-state index in [9.17, 15) is 0 Å². The van der Waals surface area contributed by atoms with Crippen molar-refractivity contribution in [3.63, 3.8) is 0 Å². The normalized spacial score (nSPS) is 12.5. The number of allylic oxidation sites excluding steroid dienone is 1. The minimum atomic E-state index is 0.639. The van der Waals surface area contributed by atoms with E-state index < -0.39 is 0 Å². The molecule has 0 nitrogen and oxygen atoms in total. The van der Waals surface area contributed by atoms with Crippen molar-refractivity contribution < 1.29 is 0 Å². The Hall–Kier alpha value is -1.04. The maximum atomic E-state index is 3.97. The van der Waals surface area contributed by atoms with Crippen LogP contribution >= 0.6 is 0 Å². The van der Waals surface area contributed by atoms with Crippen LogP contribution in [0.25, 0.3) is 0 Å². The number of hydrogen-bond donors (Lipinski definition) is 0. The van der Waals surface area contributed by atoms with E-state index in [1.807, 2.05) is 0 Å². The van der Waals surface area contributed by atoms with Crippen LogP contribution < -0.4 is 0 Å². The molecule has 1 aromatic carbocycles. The lowest BCUT2D eigenvalue weighted by molar-refractivity contribution is 0.615. The van der Waals surface area contributed by atoms with Crippen LogP contribution in [0.4, 0.5) is 0 Å². The van der Waals surface area contributed by atoms with Gasteiger partial charge in [0, 0.05) is 0 Å². The molecule has 0 amide bonds. The third kappa shape index (κ3) is 3.45. The van der Waals surface area contributed by atoms with Gasteiger partial charge in [0.2, 0.25) is 0 Å².